The molecule has 0 bridgehead atoms. The molecule has 3 N–H and O–H groups in total. The van der Waals surface area contributed by atoms with Crippen molar-refractivity contribution >= 4 is 5.91 Å². The summed E-state index contributed by atoms with van der Waals surface area (Å²) in [5, 5.41) is 15.6. The summed E-state index contributed by atoms with van der Waals surface area (Å²) in [7, 11) is 0. The third-order valence-electron chi connectivity index (χ3n) is 2.70. The molecule has 0 spiro atoms. The van der Waals surface area contributed by atoms with Crippen molar-refractivity contribution in [3.63, 3.8) is 0 Å². The molecule has 0 aromatic rings. The minimum absolute atomic E-state index is 0.00257. The summed E-state index contributed by atoms with van der Waals surface area (Å²) in [5.41, 5.74) is 0. The molecule has 4 nitrogen and oxygen atoms in total. The molecular weight excluding hydrogens is 192 g/mol. The molecular formula is C11H22N2O2. The highest BCUT2D eigenvalue weighted by Gasteiger charge is 2.22. The second-order valence-electron chi connectivity index (χ2n) is 4.56. The van der Waals surface area contributed by atoms with Crippen LogP contribution in [0.1, 0.15) is 39.5 Å². The Morgan fingerprint density at radius 1 is 1.40 bits per heavy atom. The molecule has 1 aliphatic carbocycles. The van der Waals surface area contributed by atoms with Crippen LogP contribution >= 0.6 is 0 Å². The Morgan fingerprint density at radius 3 is 2.67 bits per heavy atom. The first-order valence-corrected chi connectivity index (χ1v) is 5.80. The maximum atomic E-state index is 11.3. The van der Waals surface area contributed by atoms with Crippen molar-refractivity contribution < 1.29 is 9.90 Å². The van der Waals surface area contributed by atoms with Gasteiger partial charge in [0.1, 0.15) is 0 Å². The number of nitrogens with one attached hydrogen (secondary N) is 2. The van der Waals surface area contributed by atoms with Gasteiger partial charge < -0.3 is 15.7 Å². The Kier molecular flexibility index (Phi) is 5.05. The van der Waals surface area contributed by atoms with E-state index in [-0.39, 0.29) is 24.1 Å². The zero-order valence-electron chi connectivity index (χ0n) is 9.62. The summed E-state index contributed by atoms with van der Waals surface area (Å²) in [5.74, 6) is 0.00257. The molecule has 1 amide bonds. The van der Waals surface area contributed by atoms with Crippen molar-refractivity contribution in [3.8, 4) is 0 Å². The lowest BCUT2D eigenvalue weighted by Gasteiger charge is -2.28. The van der Waals surface area contributed by atoms with E-state index in [0.29, 0.717) is 6.54 Å². The summed E-state index contributed by atoms with van der Waals surface area (Å²) in [6.45, 7) is 4.18. The van der Waals surface area contributed by atoms with Crippen LogP contribution in [0.25, 0.3) is 0 Å². The van der Waals surface area contributed by atoms with Gasteiger partial charge >= 0.3 is 0 Å². The molecule has 1 rings (SSSR count). The van der Waals surface area contributed by atoms with Gasteiger partial charge in [0, 0.05) is 12.1 Å². The number of aliphatic hydroxyl groups excluding tert-OH is 1. The molecule has 2 atom stereocenters. The number of carbonyl (C=O) groups excluding carboxylic acids is 1. The number of amides is 1. The average Bonchev–Trinajstić information content (AvgIpc) is 2.15. The van der Waals surface area contributed by atoms with Crippen LogP contribution in [0.2, 0.25) is 0 Å². The first-order chi connectivity index (χ1) is 7.09. The standard InChI is InChI=1S/C11H22N2O2/c1-8(2)13-11(15)7-12-9-5-3-4-6-10(9)14/h8-10,12,14H,3-7H2,1-2H3,(H,13,15)/t9-,10-/m1/s1. The Bertz CT molecular complexity index is 207. The van der Waals surface area contributed by atoms with Crippen LogP contribution in [0.3, 0.4) is 0 Å². The largest absolute Gasteiger partial charge is 0.392 e. The van der Waals surface area contributed by atoms with Gasteiger partial charge in [0.25, 0.3) is 0 Å². The zero-order chi connectivity index (χ0) is 11.3. The fourth-order valence-electron chi connectivity index (χ4n) is 1.95. The van der Waals surface area contributed by atoms with E-state index in [0.717, 1.165) is 25.7 Å². The molecule has 1 aliphatic rings. The van der Waals surface area contributed by atoms with E-state index < -0.39 is 0 Å². The second-order valence-corrected chi connectivity index (χ2v) is 4.56. The molecule has 0 heterocycles. The third-order valence-corrected chi connectivity index (χ3v) is 2.70. The van der Waals surface area contributed by atoms with Crippen LogP contribution in [-0.4, -0.2) is 35.7 Å². The first-order valence-electron chi connectivity index (χ1n) is 5.80. The molecule has 0 radical (unpaired) electrons. The van der Waals surface area contributed by atoms with E-state index in [1.807, 2.05) is 13.8 Å². The van der Waals surface area contributed by atoms with Crippen molar-refractivity contribution in [1.82, 2.24) is 10.6 Å². The Hall–Kier alpha value is -0.610. The van der Waals surface area contributed by atoms with Crippen molar-refractivity contribution in [1.29, 1.82) is 0 Å². The van der Waals surface area contributed by atoms with Gasteiger partial charge in [0.2, 0.25) is 5.91 Å². The van der Waals surface area contributed by atoms with Crippen LogP contribution in [0.15, 0.2) is 0 Å². The molecule has 1 saturated carbocycles. The zero-order valence-corrected chi connectivity index (χ0v) is 9.62. The fraction of sp³-hybridized carbons (Fsp3) is 0.909. The minimum Gasteiger partial charge on any atom is -0.392 e. The quantitative estimate of drug-likeness (QED) is 0.635. The normalized spacial score (nSPS) is 26.7. The molecule has 1 fully saturated rings. The van der Waals surface area contributed by atoms with Gasteiger partial charge in [-0.3, -0.25) is 4.79 Å². The van der Waals surface area contributed by atoms with Gasteiger partial charge in [-0.1, -0.05) is 12.8 Å². The van der Waals surface area contributed by atoms with E-state index in [9.17, 15) is 9.90 Å². The maximum Gasteiger partial charge on any atom is 0.234 e. The smallest absolute Gasteiger partial charge is 0.234 e. The average molecular weight is 214 g/mol. The van der Waals surface area contributed by atoms with E-state index in [1.165, 1.54) is 0 Å². The molecule has 0 aromatic carbocycles. The van der Waals surface area contributed by atoms with Crippen LogP contribution in [-0.2, 0) is 4.79 Å². The van der Waals surface area contributed by atoms with Gasteiger partial charge in [0.05, 0.1) is 12.6 Å². The van der Waals surface area contributed by atoms with Crippen LogP contribution in [0.4, 0.5) is 0 Å². The van der Waals surface area contributed by atoms with Crippen molar-refractivity contribution in [2.24, 2.45) is 0 Å². The second kappa shape index (κ2) is 6.08. The number of carbonyl (C=O) groups is 1. The van der Waals surface area contributed by atoms with E-state index in [1.54, 1.807) is 0 Å². The van der Waals surface area contributed by atoms with Crippen molar-refractivity contribution in [3.05, 3.63) is 0 Å². The van der Waals surface area contributed by atoms with E-state index in [4.69, 9.17) is 0 Å². The molecule has 88 valence electrons. The Morgan fingerprint density at radius 2 is 2.07 bits per heavy atom. The fourth-order valence-corrected chi connectivity index (χ4v) is 1.95. The van der Waals surface area contributed by atoms with Gasteiger partial charge in [-0.25, -0.2) is 0 Å². The molecule has 0 unspecified atom stereocenters. The van der Waals surface area contributed by atoms with Gasteiger partial charge in [-0.05, 0) is 26.7 Å². The van der Waals surface area contributed by atoms with Gasteiger partial charge in [-0.15, -0.1) is 0 Å². The minimum atomic E-state index is -0.286. The predicted molar refractivity (Wildman–Crippen MR) is 59.5 cm³/mol. The summed E-state index contributed by atoms with van der Waals surface area (Å²) >= 11 is 0. The van der Waals surface area contributed by atoms with Crippen LogP contribution in [0.5, 0.6) is 0 Å². The Balaban J connectivity index is 2.20. The summed E-state index contributed by atoms with van der Waals surface area (Å²) < 4.78 is 0. The number of hydrogen-bond donors (Lipinski definition) is 3. The highest BCUT2D eigenvalue weighted by Crippen LogP contribution is 2.17. The number of hydrogen-bond acceptors (Lipinski definition) is 3. The van der Waals surface area contributed by atoms with Crippen LogP contribution < -0.4 is 10.6 Å². The number of rotatable bonds is 4. The van der Waals surface area contributed by atoms with E-state index >= 15 is 0 Å². The molecule has 0 saturated heterocycles. The molecule has 4 heteroatoms. The van der Waals surface area contributed by atoms with Crippen molar-refractivity contribution in [2.75, 3.05) is 6.54 Å². The number of aliphatic hydroxyl groups is 1. The highest BCUT2D eigenvalue weighted by molar-refractivity contribution is 5.78. The molecule has 15 heavy (non-hydrogen) atoms. The lowest BCUT2D eigenvalue weighted by Crippen LogP contribution is -2.47. The molecule has 0 aromatic heterocycles. The highest BCUT2D eigenvalue weighted by atomic mass is 16.3. The lowest BCUT2D eigenvalue weighted by molar-refractivity contribution is -0.121. The molecule has 0 aliphatic heterocycles. The third kappa shape index (κ3) is 4.62. The summed E-state index contributed by atoms with van der Waals surface area (Å²) in [4.78, 5) is 11.3. The topological polar surface area (TPSA) is 61.4 Å². The lowest BCUT2D eigenvalue weighted by atomic mass is 9.92. The predicted octanol–water partition coefficient (Wildman–Crippen LogP) is 0.404. The first kappa shape index (κ1) is 12.5. The van der Waals surface area contributed by atoms with E-state index in [2.05, 4.69) is 10.6 Å². The summed E-state index contributed by atoms with van der Waals surface area (Å²) in [6.07, 6.45) is 3.77. The van der Waals surface area contributed by atoms with Gasteiger partial charge in [-0.2, -0.15) is 0 Å². The van der Waals surface area contributed by atoms with Crippen LogP contribution in [0, 0.1) is 0 Å². The SMILES string of the molecule is CC(C)NC(=O)CN[C@@H]1CCCC[C@H]1O. The Labute approximate surface area is 91.4 Å². The maximum absolute atomic E-state index is 11.3. The van der Waals surface area contributed by atoms with Crippen molar-refractivity contribution in [2.45, 2.75) is 57.7 Å². The summed E-state index contributed by atoms with van der Waals surface area (Å²) in [6, 6.07) is 0.271. The monoisotopic (exact) mass is 214 g/mol. The van der Waals surface area contributed by atoms with Gasteiger partial charge in [0.15, 0.2) is 0 Å².